The maximum absolute atomic E-state index is 13.7. The monoisotopic (exact) mass is 648 g/mol. The first-order chi connectivity index (χ1) is 23.3. The summed E-state index contributed by atoms with van der Waals surface area (Å²) in [5, 5.41) is 11.6. The van der Waals surface area contributed by atoms with E-state index in [1.807, 2.05) is 67.6 Å². The van der Waals surface area contributed by atoms with E-state index >= 15 is 0 Å². The molecule has 0 saturated carbocycles. The van der Waals surface area contributed by atoms with Crippen molar-refractivity contribution in [3.05, 3.63) is 130 Å². The largest absolute Gasteiger partial charge is 0.507 e. The van der Waals surface area contributed by atoms with Gasteiger partial charge in [0.15, 0.2) is 11.5 Å². The number of hydrogen-bond acceptors (Lipinski definition) is 7. The van der Waals surface area contributed by atoms with E-state index in [1.165, 1.54) is 5.56 Å². The van der Waals surface area contributed by atoms with Gasteiger partial charge < -0.3 is 29.1 Å². The summed E-state index contributed by atoms with van der Waals surface area (Å²) in [6.45, 7) is 9.91. The Labute approximate surface area is 283 Å². The first-order valence-electron chi connectivity index (χ1n) is 16.5. The summed E-state index contributed by atoms with van der Waals surface area (Å²) in [5.41, 5.74) is 4.32. The number of aryl methyl sites for hydroxylation is 1. The van der Waals surface area contributed by atoms with Crippen molar-refractivity contribution in [3.63, 3.8) is 0 Å². The molecule has 48 heavy (non-hydrogen) atoms. The van der Waals surface area contributed by atoms with E-state index in [9.17, 15) is 14.7 Å². The second kappa shape index (κ2) is 16.2. The highest BCUT2D eigenvalue weighted by Gasteiger charge is 2.46. The second-order valence-corrected chi connectivity index (χ2v) is 11.9. The minimum atomic E-state index is -0.809. The van der Waals surface area contributed by atoms with Gasteiger partial charge in [-0.15, -0.1) is 0 Å². The molecule has 0 radical (unpaired) electrons. The highest BCUT2D eigenvalue weighted by Crippen LogP contribution is 2.42. The number of rotatable bonds is 15. The molecule has 1 saturated heterocycles. The summed E-state index contributed by atoms with van der Waals surface area (Å²) < 4.78 is 17.7. The first-order valence-corrected chi connectivity index (χ1v) is 16.5. The number of aliphatic hydroxyl groups excluding tert-OH is 1. The highest BCUT2D eigenvalue weighted by molar-refractivity contribution is 6.46. The topological polar surface area (TPSA) is 88.5 Å². The molecule has 0 spiro atoms. The molecule has 4 aromatic rings. The molecule has 1 heterocycles. The predicted octanol–water partition coefficient (Wildman–Crippen LogP) is 7.32. The van der Waals surface area contributed by atoms with Crippen molar-refractivity contribution in [2.45, 2.75) is 46.4 Å². The van der Waals surface area contributed by atoms with Crippen molar-refractivity contribution in [2.24, 2.45) is 0 Å². The van der Waals surface area contributed by atoms with Gasteiger partial charge in [-0.1, -0.05) is 80.1 Å². The van der Waals surface area contributed by atoms with Crippen molar-refractivity contribution >= 4 is 17.4 Å². The standard InChI is InChI=1S/C40H44N2O6/c1-5-41(6-2)23-10-24-42-37(32-19-22-34(35(25-32)46-4)48-27-29-11-8-7-9-12-29)36(39(44)40(42)45)38(43)31-17-20-33(21-18-31)47-26-30-15-13-28(3)14-16-30/h7-9,11-22,25,37,43H,5-6,10,23-24,26-27H2,1-4H3/t37-/m1/s1. The number of benzene rings is 4. The van der Waals surface area contributed by atoms with E-state index in [0.717, 1.165) is 30.8 Å². The predicted molar refractivity (Wildman–Crippen MR) is 187 cm³/mol. The zero-order chi connectivity index (χ0) is 34.0. The normalized spacial score (nSPS) is 15.6. The SMILES string of the molecule is CCN(CC)CCCN1C(=O)C(=O)C(=C(O)c2ccc(OCc3ccc(C)cc3)cc2)[C@H]1c1ccc(OCc2ccccc2)c(OC)c1. The number of hydrogen-bond donors (Lipinski definition) is 1. The molecule has 8 heteroatoms. The number of ether oxygens (including phenoxy) is 3. The fourth-order valence-corrected chi connectivity index (χ4v) is 5.89. The molecule has 0 unspecified atom stereocenters. The van der Waals surface area contributed by atoms with Crippen LogP contribution in [0.25, 0.3) is 5.76 Å². The van der Waals surface area contributed by atoms with Crippen LogP contribution < -0.4 is 14.2 Å². The molecule has 1 amide bonds. The van der Waals surface area contributed by atoms with Gasteiger partial charge in [0.2, 0.25) is 0 Å². The van der Waals surface area contributed by atoms with Crippen molar-refractivity contribution in [3.8, 4) is 17.2 Å². The smallest absolute Gasteiger partial charge is 0.295 e. The van der Waals surface area contributed by atoms with Crippen LogP contribution >= 0.6 is 0 Å². The zero-order valence-corrected chi connectivity index (χ0v) is 28.1. The number of carbonyl (C=O) groups excluding carboxylic acids is 2. The van der Waals surface area contributed by atoms with Crippen LogP contribution in [-0.4, -0.2) is 59.9 Å². The average molecular weight is 649 g/mol. The number of ketones is 1. The van der Waals surface area contributed by atoms with E-state index in [1.54, 1.807) is 48.4 Å². The summed E-state index contributed by atoms with van der Waals surface area (Å²) >= 11 is 0. The quantitative estimate of drug-likeness (QED) is 0.0821. The van der Waals surface area contributed by atoms with Crippen molar-refractivity contribution in [1.82, 2.24) is 9.80 Å². The number of carbonyl (C=O) groups is 2. The van der Waals surface area contributed by atoms with Gasteiger partial charge in [-0.05, 0) is 86.1 Å². The first kappa shape index (κ1) is 34.3. The minimum absolute atomic E-state index is 0.0381. The van der Waals surface area contributed by atoms with Gasteiger partial charge in [0.25, 0.3) is 11.7 Å². The molecule has 8 nitrogen and oxygen atoms in total. The van der Waals surface area contributed by atoms with Crippen LogP contribution in [0, 0.1) is 6.92 Å². The number of methoxy groups -OCH3 is 1. The third kappa shape index (κ3) is 8.06. The van der Waals surface area contributed by atoms with Crippen LogP contribution in [0.4, 0.5) is 0 Å². The lowest BCUT2D eigenvalue weighted by Crippen LogP contribution is -2.33. The molecular formula is C40H44N2O6. The van der Waals surface area contributed by atoms with E-state index in [4.69, 9.17) is 14.2 Å². The molecule has 5 rings (SSSR count). The van der Waals surface area contributed by atoms with E-state index in [-0.39, 0.29) is 11.3 Å². The van der Waals surface area contributed by atoms with Crippen molar-refractivity contribution < 1.29 is 28.9 Å². The lowest BCUT2D eigenvalue weighted by atomic mass is 9.95. The molecule has 0 bridgehead atoms. The number of nitrogens with zero attached hydrogens (tertiary/aromatic N) is 2. The molecule has 1 fully saturated rings. The maximum atomic E-state index is 13.7. The number of Topliss-reactive ketones (excluding diaryl/α,β-unsaturated/α-hetero) is 1. The van der Waals surface area contributed by atoms with Gasteiger partial charge in [0.1, 0.15) is 24.7 Å². The third-order valence-corrected chi connectivity index (χ3v) is 8.70. The van der Waals surface area contributed by atoms with Gasteiger partial charge in [-0.25, -0.2) is 0 Å². The molecule has 0 aliphatic carbocycles. The Kier molecular flexibility index (Phi) is 11.5. The molecular weight excluding hydrogens is 604 g/mol. The molecule has 1 aliphatic heterocycles. The number of amides is 1. The van der Waals surface area contributed by atoms with Crippen LogP contribution in [0.2, 0.25) is 0 Å². The summed E-state index contributed by atoms with van der Waals surface area (Å²) in [7, 11) is 1.55. The van der Waals surface area contributed by atoms with Crippen molar-refractivity contribution in [2.75, 3.05) is 33.3 Å². The fourth-order valence-electron chi connectivity index (χ4n) is 5.89. The molecule has 250 valence electrons. The minimum Gasteiger partial charge on any atom is -0.507 e. The summed E-state index contributed by atoms with van der Waals surface area (Å²) in [4.78, 5) is 31.1. The second-order valence-electron chi connectivity index (χ2n) is 11.9. The van der Waals surface area contributed by atoms with E-state index in [2.05, 4.69) is 18.7 Å². The van der Waals surface area contributed by atoms with Gasteiger partial charge in [-0.3, -0.25) is 9.59 Å². The van der Waals surface area contributed by atoms with Crippen LogP contribution in [-0.2, 0) is 22.8 Å². The van der Waals surface area contributed by atoms with Gasteiger partial charge >= 0.3 is 0 Å². The molecule has 0 aromatic heterocycles. The zero-order valence-electron chi connectivity index (χ0n) is 28.1. The van der Waals surface area contributed by atoms with Crippen molar-refractivity contribution in [1.29, 1.82) is 0 Å². The van der Waals surface area contributed by atoms with Gasteiger partial charge in [-0.2, -0.15) is 0 Å². The lowest BCUT2D eigenvalue weighted by Gasteiger charge is -2.27. The van der Waals surface area contributed by atoms with E-state index in [0.29, 0.717) is 54.6 Å². The Morgan fingerprint density at radius 2 is 1.48 bits per heavy atom. The Balaban J connectivity index is 1.44. The van der Waals surface area contributed by atoms with E-state index < -0.39 is 17.7 Å². The van der Waals surface area contributed by atoms with Crippen LogP contribution in [0.5, 0.6) is 17.2 Å². The summed E-state index contributed by atoms with van der Waals surface area (Å²) in [6.07, 6.45) is 0.674. The van der Waals surface area contributed by atoms with Crippen LogP contribution in [0.3, 0.4) is 0 Å². The Morgan fingerprint density at radius 3 is 2.15 bits per heavy atom. The lowest BCUT2D eigenvalue weighted by molar-refractivity contribution is -0.140. The molecule has 1 aliphatic rings. The maximum Gasteiger partial charge on any atom is 0.295 e. The number of aliphatic hydroxyl groups is 1. The van der Waals surface area contributed by atoms with Crippen LogP contribution in [0.1, 0.15) is 54.1 Å². The molecule has 1 atom stereocenters. The summed E-state index contributed by atoms with van der Waals surface area (Å²) in [6, 6.07) is 29.4. The Bertz CT molecular complexity index is 1710. The highest BCUT2D eigenvalue weighted by atomic mass is 16.5. The Morgan fingerprint density at radius 1 is 0.812 bits per heavy atom. The average Bonchev–Trinajstić information content (AvgIpc) is 3.37. The third-order valence-electron chi connectivity index (χ3n) is 8.70. The Hall–Kier alpha value is -5.08. The summed E-state index contributed by atoms with van der Waals surface area (Å²) in [5.74, 6) is 0.0254. The molecule has 1 N–H and O–H groups in total. The molecule has 4 aromatic carbocycles. The van der Waals surface area contributed by atoms with Gasteiger partial charge in [0.05, 0.1) is 18.7 Å². The number of likely N-dealkylation sites (tertiary alicyclic amines) is 1. The van der Waals surface area contributed by atoms with Gasteiger partial charge in [0, 0.05) is 12.1 Å². The van der Waals surface area contributed by atoms with Crippen LogP contribution in [0.15, 0.2) is 103 Å². The fraction of sp³-hybridized carbons (Fsp3) is 0.300.